The Balaban J connectivity index is 1.64. The lowest BCUT2D eigenvalue weighted by molar-refractivity contribution is 0.306. The highest BCUT2D eigenvalue weighted by atomic mass is 16.5. The molecule has 0 aliphatic heterocycles. The molecule has 25 heavy (non-hydrogen) atoms. The van der Waals surface area contributed by atoms with Gasteiger partial charge in [-0.2, -0.15) is 5.26 Å². The highest BCUT2D eigenvalue weighted by Gasteiger charge is 1.99. The van der Waals surface area contributed by atoms with Crippen LogP contribution in [-0.2, 0) is 6.61 Å². The maximum atomic E-state index is 9.31. The average Bonchev–Trinajstić information content (AvgIpc) is 2.68. The maximum absolute atomic E-state index is 9.31. The van der Waals surface area contributed by atoms with Crippen molar-refractivity contribution in [2.24, 2.45) is 0 Å². The zero-order valence-electron chi connectivity index (χ0n) is 13.7. The second kappa shape index (κ2) is 8.37. The average molecular weight is 326 g/mol. The van der Waals surface area contributed by atoms with E-state index in [1.165, 1.54) is 0 Å². The Bertz CT molecular complexity index is 863. The predicted molar refractivity (Wildman–Crippen MR) is 101 cm³/mol. The number of nitrogens with one attached hydrogen (secondary N) is 1. The summed E-state index contributed by atoms with van der Waals surface area (Å²) in [5, 5.41) is 12.4. The quantitative estimate of drug-likeness (QED) is 0.630. The molecule has 3 heteroatoms. The molecule has 1 N–H and O–H groups in total. The number of rotatable bonds is 6. The van der Waals surface area contributed by atoms with Crippen molar-refractivity contribution >= 4 is 11.8 Å². The molecule has 3 nitrogen and oxygen atoms in total. The first kappa shape index (κ1) is 16.4. The molecule has 0 bridgehead atoms. The van der Waals surface area contributed by atoms with Gasteiger partial charge in [-0.25, -0.2) is 0 Å². The lowest BCUT2D eigenvalue weighted by Crippen LogP contribution is -1.97. The summed E-state index contributed by atoms with van der Waals surface area (Å²) in [4.78, 5) is 0. The third kappa shape index (κ3) is 4.98. The van der Waals surface area contributed by atoms with Crippen molar-refractivity contribution in [3.05, 3.63) is 102 Å². The van der Waals surface area contributed by atoms with Crippen molar-refractivity contribution in [2.45, 2.75) is 6.61 Å². The van der Waals surface area contributed by atoms with Gasteiger partial charge in [0.25, 0.3) is 0 Å². The van der Waals surface area contributed by atoms with Crippen LogP contribution in [0.5, 0.6) is 5.75 Å². The Morgan fingerprint density at radius 3 is 2.16 bits per heavy atom. The molecule has 3 aromatic carbocycles. The van der Waals surface area contributed by atoms with Gasteiger partial charge in [0.1, 0.15) is 24.1 Å². The van der Waals surface area contributed by atoms with Crippen LogP contribution in [0.25, 0.3) is 6.08 Å². The number of nitrogens with zero attached hydrogens (tertiary/aromatic N) is 1. The van der Waals surface area contributed by atoms with Gasteiger partial charge in [-0.3, -0.25) is 0 Å². The molecule has 0 atom stereocenters. The molecule has 0 fully saturated rings. The van der Waals surface area contributed by atoms with Crippen LogP contribution >= 0.6 is 0 Å². The third-order valence-electron chi connectivity index (χ3n) is 3.61. The Kier molecular flexibility index (Phi) is 5.48. The van der Waals surface area contributed by atoms with Crippen LogP contribution in [-0.4, -0.2) is 0 Å². The minimum atomic E-state index is 0.490. The van der Waals surface area contributed by atoms with E-state index in [0.29, 0.717) is 12.3 Å². The second-order valence-corrected chi connectivity index (χ2v) is 5.50. The summed E-state index contributed by atoms with van der Waals surface area (Å²) in [5.41, 5.74) is 3.44. The van der Waals surface area contributed by atoms with Crippen LogP contribution in [0, 0.1) is 11.3 Å². The summed E-state index contributed by atoms with van der Waals surface area (Å²) < 4.78 is 5.77. The third-order valence-corrected chi connectivity index (χ3v) is 3.61. The van der Waals surface area contributed by atoms with Crippen LogP contribution in [0.15, 0.2) is 90.6 Å². The van der Waals surface area contributed by atoms with Gasteiger partial charge in [0.2, 0.25) is 0 Å². The maximum Gasteiger partial charge on any atom is 0.119 e. The van der Waals surface area contributed by atoms with Crippen LogP contribution in [0.1, 0.15) is 11.1 Å². The molecule has 0 aliphatic rings. The molecule has 0 aliphatic carbocycles. The SMILES string of the molecule is N#CC(=Cc1ccc(OCc2ccccc2)cc1)Nc1ccccc1. The molecule has 122 valence electrons. The van der Waals surface area contributed by atoms with E-state index >= 15 is 0 Å². The van der Waals surface area contributed by atoms with Crippen molar-refractivity contribution in [2.75, 3.05) is 5.32 Å². The van der Waals surface area contributed by atoms with Crippen LogP contribution in [0.4, 0.5) is 5.69 Å². The molecule has 0 amide bonds. The summed E-state index contributed by atoms with van der Waals surface area (Å²) in [5.74, 6) is 0.801. The Hall–Kier alpha value is -3.51. The minimum absolute atomic E-state index is 0.490. The topological polar surface area (TPSA) is 45.0 Å². The number of para-hydroxylation sites is 1. The number of hydrogen-bond donors (Lipinski definition) is 1. The fourth-order valence-corrected chi connectivity index (χ4v) is 2.34. The number of nitriles is 1. The van der Waals surface area contributed by atoms with E-state index in [9.17, 15) is 5.26 Å². The lowest BCUT2D eigenvalue weighted by atomic mass is 10.2. The van der Waals surface area contributed by atoms with E-state index in [0.717, 1.165) is 22.6 Å². The Morgan fingerprint density at radius 1 is 0.880 bits per heavy atom. The van der Waals surface area contributed by atoms with Gasteiger partial charge in [0.15, 0.2) is 0 Å². The standard InChI is InChI=1S/C22H18N2O/c23-16-21(24-20-9-5-2-6-10-20)15-18-11-13-22(14-12-18)25-17-19-7-3-1-4-8-19/h1-15,24H,17H2. The van der Waals surface area contributed by atoms with Gasteiger partial charge < -0.3 is 10.1 Å². The fraction of sp³-hybridized carbons (Fsp3) is 0.0455. The first-order valence-electron chi connectivity index (χ1n) is 8.04. The molecule has 3 aromatic rings. The number of anilines is 1. The zero-order valence-corrected chi connectivity index (χ0v) is 13.7. The molecule has 0 heterocycles. The number of hydrogen-bond acceptors (Lipinski definition) is 3. The second-order valence-electron chi connectivity index (χ2n) is 5.50. The largest absolute Gasteiger partial charge is 0.489 e. The van der Waals surface area contributed by atoms with Crippen molar-refractivity contribution < 1.29 is 4.74 Å². The molecule has 0 radical (unpaired) electrons. The summed E-state index contributed by atoms with van der Waals surface area (Å²) in [6, 6.07) is 29.5. The summed E-state index contributed by atoms with van der Waals surface area (Å²) in [6.45, 7) is 0.537. The molecule has 0 spiro atoms. The molecule has 0 unspecified atom stereocenters. The number of ether oxygens (including phenoxy) is 1. The van der Waals surface area contributed by atoms with Gasteiger partial charge in [-0.1, -0.05) is 60.7 Å². The summed E-state index contributed by atoms with van der Waals surface area (Å²) in [7, 11) is 0. The minimum Gasteiger partial charge on any atom is -0.489 e. The van der Waals surface area contributed by atoms with Crippen molar-refractivity contribution in [3.63, 3.8) is 0 Å². The van der Waals surface area contributed by atoms with E-state index in [-0.39, 0.29) is 0 Å². The molecule has 0 aromatic heterocycles. The number of benzene rings is 3. The van der Waals surface area contributed by atoms with Gasteiger partial charge in [0.05, 0.1) is 0 Å². The van der Waals surface area contributed by atoms with Gasteiger partial charge in [-0.05, 0) is 41.5 Å². The highest BCUT2D eigenvalue weighted by molar-refractivity contribution is 5.64. The number of allylic oxidation sites excluding steroid dienone is 1. The van der Waals surface area contributed by atoms with E-state index in [1.54, 1.807) is 0 Å². The van der Waals surface area contributed by atoms with Crippen LogP contribution in [0.2, 0.25) is 0 Å². The normalized spacial score (nSPS) is 10.8. The Morgan fingerprint density at radius 2 is 1.52 bits per heavy atom. The molecule has 0 saturated carbocycles. The first-order valence-corrected chi connectivity index (χ1v) is 8.04. The van der Waals surface area contributed by atoms with Crippen LogP contribution < -0.4 is 10.1 Å². The van der Waals surface area contributed by atoms with Gasteiger partial charge in [0, 0.05) is 5.69 Å². The van der Waals surface area contributed by atoms with E-state index in [2.05, 4.69) is 11.4 Å². The van der Waals surface area contributed by atoms with E-state index < -0.39 is 0 Å². The smallest absolute Gasteiger partial charge is 0.119 e. The zero-order chi connectivity index (χ0) is 17.3. The molecular weight excluding hydrogens is 308 g/mol. The Labute approximate surface area is 147 Å². The lowest BCUT2D eigenvalue weighted by Gasteiger charge is -2.07. The monoisotopic (exact) mass is 326 g/mol. The van der Waals surface area contributed by atoms with Gasteiger partial charge >= 0.3 is 0 Å². The van der Waals surface area contributed by atoms with Crippen molar-refractivity contribution in [3.8, 4) is 11.8 Å². The molecule has 3 rings (SSSR count). The van der Waals surface area contributed by atoms with E-state index in [1.807, 2.05) is 91.0 Å². The fourth-order valence-electron chi connectivity index (χ4n) is 2.34. The first-order chi connectivity index (χ1) is 12.3. The highest BCUT2D eigenvalue weighted by Crippen LogP contribution is 2.17. The molecule has 0 saturated heterocycles. The predicted octanol–water partition coefficient (Wildman–Crippen LogP) is 5.24. The van der Waals surface area contributed by atoms with Crippen molar-refractivity contribution in [1.82, 2.24) is 0 Å². The molecular formula is C22H18N2O. The summed E-state index contributed by atoms with van der Waals surface area (Å²) >= 11 is 0. The van der Waals surface area contributed by atoms with Crippen molar-refractivity contribution in [1.29, 1.82) is 5.26 Å². The van der Waals surface area contributed by atoms with Crippen LogP contribution in [0.3, 0.4) is 0 Å². The van der Waals surface area contributed by atoms with Gasteiger partial charge in [-0.15, -0.1) is 0 Å². The summed E-state index contributed by atoms with van der Waals surface area (Å²) in [6.07, 6.45) is 1.81. The van der Waals surface area contributed by atoms with E-state index in [4.69, 9.17) is 4.74 Å².